The van der Waals surface area contributed by atoms with Crippen molar-refractivity contribution in [1.29, 1.82) is 0 Å². The number of halogens is 1. The van der Waals surface area contributed by atoms with E-state index in [1.165, 1.54) is 38.4 Å². The molecule has 0 fully saturated rings. The topological polar surface area (TPSA) is 109 Å². The number of nitro groups is 1. The van der Waals surface area contributed by atoms with E-state index in [1.807, 2.05) is 6.92 Å². The lowest BCUT2D eigenvalue weighted by atomic mass is 9.92. The highest BCUT2D eigenvalue weighted by Gasteiger charge is 2.28. The fraction of sp³-hybridized carbons (Fsp3) is 0.320. The summed E-state index contributed by atoms with van der Waals surface area (Å²) in [4.78, 5) is 15.8. The summed E-state index contributed by atoms with van der Waals surface area (Å²) in [7, 11) is -1.95. The quantitative estimate of drug-likeness (QED) is 0.287. The van der Waals surface area contributed by atoms with Crippen LogP contribution in [0.15, 0.2) is 48.7 Å². The molecular formula is C25H27FN2O6S. The highest BCUT2D eigenvalue weighted by Crippen LogP contribution is 2.37. The van der Waals surface area contributed by atoms with Crippen LogP contribution in [-0.4, -0.2) is 44.1 Å². The third-order valence-electron chi connectivity index (χ3n) is 5.63. The van der Waals surface area contributed by atoms with Crippen molar-refractivity contribution in [3.63, 3.8) is 0 Å². The lowest BCUT2D eigenvalue weighted by Crippen LogP contribution is -2.17. The summed E-state index contributed by atoms with van der Waals surface area (Å²) in [5.74, 6) is -0.476. The van der Waals surface area contributed by atoms with E-state index >= 15 is 0 Å². The van der Waals surface area contributed by atoms with Crippen molar-refractivity contribution >= 4 is 15.5 Å². The van der Waals surface area contributed by atoms with Crippen LogP contribution in [0.5, 0.6) is 11.5 Å². The van der Waals surface area contributed by atoms with Crippen LogP contribution in [0.25, 0.3) is 11.1 Å². The number of sulfone groups is 1. The van der Waals surface area contributed by atoms with Crippen molar-refractivity contribution in [3.05, 3.63) is 81.4 Å². The zero-order chi connectivity index (χ0) is 25.8. The van der Waals surface area contributed by atoms with Crippen LogP contribution in [0.4, 0.5) is 10.1 Å². The average molecular weight is 503 g/mol. The third-order valence-corrected chi connectivity index (χ3v) is 6.64. The molecule has 1 atom stereocenters. The molecule has 0 unspecified atom stereocenters. The maximum atomic E-state index is 14.4. The van der Waals surface area contributed by atoms with Gasteiger partial charge in [-0.3, -0.25) is 15.1 Å². The number of ether oxygens (including phenoxy) is 2. The second kappa shape index (κ2) is 10.8. The van der Waals surface area contributed by atoms with Gasteiger partial charge < -0.3 is 9.47 Å². The highest BCUT2D eigenvalue weighted by atomic mass is 32.2. The van der Waals surface area contributed by atoms with E-state index < -0.39 is 26.5 Å². The second-order valence-electron chi connectivity index (χ2n) is 8.17. The summed E-state index contributed by atoms with van der Waals surface area (Å²) in [5, 5.41) is 12.1. The monoisotopic (exact) mass is 502 g/mol. The summed E-state index contributed by atoms with van der Waals surface area (Å²) in [5.41, 5.74) is 1.25. The van der Waals surface area contributed by atoms with Crippen molar-refractivity contribution in [2.45, 2.75) is 26.2 Å². The third kappa shape index (κ3) is 6.13. The number of hydrogen-bond donors (Lipinski definition) is 0. The number of rotatable bonds is 10. The first-order valence-electron chi connectivity index (χ1n) is 10.9. The molecule has 0 N–H and O–H groups in total. The molecular weight excluding hydrogens is 475 g/mol. The molecule has 8 nitrogen and oxygen atoms in total. The maximum Gasteiger partial charge on any atom is 0.294 e. The van der Waals surface area contributed by atoms with Gasteiger partial charge in [0.15, 0.2) is 11.5 Å². The number of hydrogen-bond acceptors (Lipinski definition) is 7. The molecule has 0 aliphatic heterocycles. The molecule has 0 saturated carbocycles. The molecule has 0 amide bonds. The van der Waals surface area contributed by atoms with Gasteiger partial charge in [0.1, 0.15) is 21.3 Å². The van der Waals surface area contributed by atoms with Crippen molar-refractivity contribution in [2.75, 3.05) is 25.7 Å². The summed E-state index contributed by atoms with van der Waals surface area (Å²) in [6.45, 7) is 3.73. The Morgan fingerprint density at radius 3 is 2.46 bits per heavy atom. The highest BCUT2D eigenvalue weighted by molar-refractivity contribution is 7.90. The van der Waals surface area contributed by atoms with Crippen LogP contribution in [0.1, 0.15) is 29.7 Å². The van der Waals surface area contributed by atoms with E-state index in [9.17, 15) is 22.9 Å². The maximum absolute atomic E-state index is 14.4. The molecule has 1 heterocycles. The van der Waals surface area contributed by atoms with Crippen LogP contribution in [0.2, 0.25) is 0 Å². The molecule has 186 valence electrons. The minimum absolute atomic E-state index is 0.0142. The lowest BCUT2D eigenvalue weighted by molar-refractivity contribution is -0.386. The van der Waals surface area contributed by atoms with E-state index in [2.05, 4.69) is 4.98 Å². The molecule has 1 aromatic heterocycles. The molecule has 0 aliphatic rings. The Labute approximate surface area is 203 Å². The molecule has 0 spiro atoms. The van der Waals surface area contributed by atoms with Gasteiger partial charge in [0.2, 0.25) is 0 Å². The Balaban J connectivity index is 2.11. The summed E-state index contributed by atoms with van der Waals surface area (Å²) in [6, 6.07) is 11.0. The van der Waals surface area contributed by atoms with Crippen molar-refractivity contribution < 1.29 is 27.2 Å². The van der Waals surface area contributed by atoms with Gasteiger partial charge in [0.25, 0.3) is 5.69 Å². The standard InChI is InChI=1S/C25H27FN2O6S/c1-5-34-24-13-17(10-11-23(24)33-3)18(15-35(4,31)32)12-22-25(28(29)30)16(2)20(14-27-22)19-8-6-7-9-21(19)26/h6-11,13-14,18H,5,12,15H2,1-4H3/t18-/m1/s1. The molecule has 3 rings (SSSR count). The SMILES string of the molecule is CCOc1cc([C@H](Cc2ncc(-c3ccccc3F)c(C)c2[N+](=O)[O-])CS(C)(=O)=O)ccc1OC. The van der Waals surface area contributed by atoms with Gasteiger partial charge in [-0.05, 0) is 37.6 Å². The normalized spacial score (nSPS) is 12.3. The first kappa shape index (κ1) is 26.1. The van der Waals surface area contributed by atoms with Crippen molar-refractivity contribution in [2.24, 2.45) is 0 Å². The van der Waals surface area contributed by atoms with Gasteiger partial charge in [-0.15, -0.1) is 0 Å². The predicted molar refractivity (Wildman–Crippen MR) is 131 cm³/mol. The summed E-state index contributed by atoms with van der Waals surface area (Å²) in [6.07, 6.45) is 2.49. The van der Waals surface area contributed by atoms with Crippen molar-refractivity contribution in [3.8, 4) is 22.6 Å². The summed E-state index contributed by atoms with van der Waals surface area (Å²) >= 11 is 0. The van der Waals surface area contributed by atoms with Gasteiger partial charge in [-0.1, -0.05) is 24.3 Å². The van der Waals surface area contributed by atoms with E-state index in [0.29, 0.717) is 29.2 Å². The zero-order valence-corrected chi connectivity index (χ0v) is 20.8. The smallest absolute Gasteiger partial charge is 0.294 e. The number of methoxy groups -OCH3 is 1. The Morgan fingerprint density at radius 2 is 1.86 bits per heavy atom. The molecule has 10 heteroatoms. The van der Waals surface area contributed by atoms with Gasteiger partial charge in [-0.25, -0.2) is 12.8 Å². The molecule has 0 aliphatic carbocycles. The first-order valence-corrected chi connectivity index (χ1v) is 13.0. The molecule has 0 radical (unpaired) electrons. The number of pyridine rings is 1. The minimum atomic E-state index is -3.45. The van der Waals surface area contributed by atoms with Crippen LogP contribution in [0.3, 0.4) is 0 Å². The van der Waals surface area contributed by atoms with E-state index in [-0.39, 0.29) is 34.7 Å². The molecule has 0 saturated heterocycles. The predicted octanol–water partition coefficient (Wildman–Crippen LogP) is 4.88. The zero-order valence-electron chi connectivity index (χ0n) is 19.9. The fourth-order valence-corrected chi connectivity index (χ4v) is 5.12. The Kier molecular flexibility index (Phi) is 8.06. The summed E-state index contributed by atoms with van der Waals surface area (Å²) < 4.78 is 49.8. The number of aromatic nitrogens is 1. The largest absolute Gasteiger partial charge is 0.493 e. The van der Waals surface area contributed by atoms with Crippen LogP contribution in [0, 0.1) is 22.9 Å². The molecule has 35 heavy (non-hydrogen) atoms. The van der Waals surface area contributed by atoms with Gasteiger partial charge >= 0.3 is 0 Å². The molecule has 2 aromatic carbocycles. The van der Waals surface area contributed by atoms with Crippen molar-refractivity contribution in [1.82, 2.24) is 4.98 Å². The second-order valence-corrected chi connectivity index (χ2v) is 10.4. The lowest BCUT2D eigenvalue weighted by Gasteiger charge is -2.19. The number of nitrogens with zero attached hydrogens (tertiary/aromatic N) is 2. The molecule has 0 bridgehead atoms. The van der Waals surface area contributed by atoms with Crippen LogP contribution < -0.4 is 9.47 Å². The van der Waals surface area contributed by atoms with Crippen LogP contribution >= 0.6 is 0 Å². The fourth-order valence-electron chi connectivity index (χ4n) is 4.07. The van der Waals surface area contributed by atoms with Crippen LogP contribution in [-0.2, 0) is 16.3 Å². The number of benzene rings is 2. The van der Waals surface area contributed by atoms with E-state index in [0.717, 1.165) is 6.26 Å². The Bertz CT molecular complexity index is 1340. The van der Waals surface area contributed by atoms with Gasteiger partial charge in [0, 0.05) is 41.5 Å². The first-order chi connectivity index (χ1) is 16.6. The van der Waals surface area contributed by atoms with Gasteiger partial charge in [-0.2, -0.15) is 0 Å². The van der Waals surface area contributed by atoms with E-state index in [1.54, 1.807) is 24.3 Å². The minimum Gasteiger partial charge on any atom is -0.493 e. The van der Waals surface area contributed by atoms with E-state index in [4.69, 9.17) is 9.47 Å². The Morgan fingerprint density at radius 1 is 1.14 bits per heavy atom. The average Bonchev–Trinajstić information content (AvgIpc) is 2.78. The molecule has 3 aromatic rings. The van der Waals surface area contributed by atoms with Gasteiger partial charge in [0.05, 0.1) is 24.4 Å². The Hall–Kier alpha value is -3.53.